The van der Waals surface area contributed by atoms with Crippen LogP contribution in [0.3, 0.4) is 0 Å². The summed E-state index contributed by atoms with van der Waals surface area (Å²) in [5, 5.41) is 2.09. The maximum Gasteiger partial charge on any atom is 0.217 e. The van der Waals surface area contributed by atoms with Gasteiger partial charge in [0.15, 0.2) is 0 Å². The molecule has 0 amide bonds. The van der Waals surface area contributed by atoms with Crippen LogP contribution in [0.1, 0.15) is 16.7 Å². The van der Waals surface area contributed by atoms with Crippen LogP contribution >= 0.6 is 0 Å². The fraction of sp³-hybridized carbons (Fsp3) is 0.100. The molecule has 2 aliphatic rings. The second-order valence-electron chi connectivity index (χ2n) is 5.85. The molecule has 0 radical (unpaired) electrons. The molecule has 1 saturated heterocycles. The van der Waals surface area contributed by atoms with Crippen LogP contribution in [-0.2, 0) is 17.1 Å². The van der Waals surface area contributed by atoms with Gasteiger partial charge in [0, 0.05) is 11.1 Å². The van der Waals surface area contributed by atoms with Gasteiger partial charge in [-0.2, -0.15) is 0 Å². The van der Waals surface area contributed by atoms with Crippen LogP contribution in [0, 0.1) is 0 Å². The third-order valence-electron chi connectivity index (χ3n) is 4.60. The Morgan fingerprint density at radius 3 is 1.86 bits per heavy atom. The van der Waals surface area contributed by atoms with Gasteiger partial charge >= 0.3 is 0 Å². The van der Waals surface area contributed by atoms with Crippen molar-refractivity contribution in [3.8, 4) is 11.1 Å². The van der Waals surface area contributed by atoms with E-state index in [4.69, 9.17) is 4.84 Å². The van der Waals surface area contributed by atoms with Crippen molar-refractivity contribution >= 4 is 0 Å². The summed E-state index contributed by atoms with van der Waals surface area (Å²) in [6.07, 6.45) is 0. The molecule has 1 aliphatic carbocycles. The first-order valence-electron chi connectivity index (χ1n) is 7.60. The second kappa shape index (κ2) is 4.29. The first kappa shape index (κ1) is 12.2. The van der Waals surface area contributed by atoms with Gasteiger partial charge in [0.1, 0.15) is 0 Å². The predicted octanol–water partition coefficient (Wildman–Crippen LogP) is 4.32. The number of rotatable bonds is 2. The van der Waals surface area contributed by atoms with E-state index in [1.165, 1.54) is 27.8 Å². The lowest BCUT2D eigenvalue weighted by Gasteiger charge is -2.08. The summed E-state index contributed by atoms with van der Waals surface area (Å²) in [4.78, 5) is 6.16. The standard InChI is InChI=1S/C20H15NO/c1-2-8-15(9-3-1)14-21-20(22-21)18-12-6-4-10-16(18)17-11-5-7-13-19(17)20/h1-13H,14H2. The Hall–Kier alpha value is -2.42. The van der Waals surface area contributed by atoms with Gasteiger partial charge in [0.2, 0.25) is 5.72 Å². The van der Waals surface area contributed by atoms with Crippen LogP contribution in [0.2, 0.25) is 0 Å². The highest BCUT2D eigenvalue weighted by Crippen LogP contribution is 2.60. The van der Waals surface area contributed by atoms with E-state index < -0.39 is 0 Å². The molecule has 1 atom stereocenters. The molecule has 0 saturated carbocycles. The summed E-state index contributed by atoms with van der Waals surface area (Å²) in [5.41, 5.74) is 5.96. The lowest BCUT2D eigenvalue weighted by Crippen LogP contribution is -2.15. The van der Waals surface area contributed by atoms with Gasteiger partial charge < -0.3 is 0 Å². The van der Waals surface area contributed by atoms with Crippen molar-refractivity contribution < 1.29 is 4.84 Å². The smallest absolute Gasteiger partial charge is 0.217 e. The molecule has 22 heavy (non-hydrogen) atoms. The van der Waals surface area contributed by atoms with Gasteiger partial charge in [-0.3, -0.25) is 4.84 Å². The van der Waals surface area contributed by atoms with E-state index in [9.17, 15) is 0 Å². The van der Waals surface area contributed by atoms with Crippen LogP contribution in [0.25, 0.3) is 11.1 Å². The molecule has 1 spiro atoms. The van der Waals surface area contributed by atoms with E-state index in [1.54, 1.807) is 0 Å². The van der Waals surface area contributed by atoms with E-state index in [-0.39, 0.29) is 5.72 Å². The zero-order valence-corrected chi connectivity index (χ0v) is 12.1. The molecular formula is C20H15NO. The normalized spacial score (nSPS) is 19.7. The summed E-state index contributed by atoms with van der Waals surface area (Å²) < 4.78 is 0. The van der Waals surface area contributed by atoms with Crippen LogP contribution in [0.15, 0.2) is 78.9 Å². The fourth-order valence-electron chi connectivity index (χ4n) is 3.57. The van der Waals surface area contributed by atoms with Crippen molar-refractivity contribution in [2.24, 2.45) is 0 Å². The molecule has 0 bridgehead atoms. The van der Waals surface area contributed by atoms with Gasteiger partial charge in [-0.05, 0) is 16.7 Å². The first-order chi connectivity index (χ1) is 10.9. The predicted molar refractivity (Wildman–Crippen MR) is 85.7 cm³/mol. The molecular weight excluding hydrogens is 270 g/mol. The molecule has 106 valence electrons. The number of fused-ring (bicyclic) bond motifs is 5. The molecule has 0 aromatic heterocycles. The largest absolute Gasteiger partial charge is 0.261 e. The van der Waals surface area contributed by atoms with E-state index in [0.717, 1.165) is 6.54 Å². The highest BCUT2D eigenvalue weighted by molar-refractivity contribution is 5.80. The van der Waals surface area contributed by atoms with Gasteiger partial charge in [-0.25, -0.2) is 0 Å². The van der Waals surface area contributed by atoms with Crippen LogP contribution in [0.5, 0.6) is 0 Å². The Balaban J connectivity index is 1.61. The Morgan fingerprint density at radius 2 is 1.23 bits per heavy atom. The molecule has 0 N–H and O–H groups in total. The summed E-state index contributed by atoms with van der Waals surface area (Å²) in [6, 6.07) is 27.6. The quantitative estimate of drug-likeness (QED) is 0.652. The second-order valence-corrected chi connectivity index (χ2v) is 5.85. The van der Waals surface area contributed by atoms with Crippen molar-refractivity contribution in [3.05, 3.63) is 95.6 Å². The molecule has 1 heterocycles. The van der Waals surface area contributed by atoms with Crippen LogP contribution in [0.4, 0.5) is 0 Å². The number of benzene rings is 3. The van der Waals surface area contributed by atoms with E-state index in [1.807, 2.05) is 6.07 Å². The zero-order valence-electron chi connectivity index (χ0n) is 12.1. The summed E-state index contributed by atoms with van der Waals surface area (Å²) in [7, 11) is 0. The average Bonchev–Trinajstić information content (AvgIpc) is 3.22. The Kier molecular flexibility index (Phi) is 2.37. The van der Waals surface area contributed by atoms with Crippen molar-refractivity contribution in [1.29, 1.82) is 0 Å². The molecule has 2 nitrogen and oxygen atoms in total. The number of nitrogens with zero attached hydrogens (tertiary/aromatic N) is 1. The average molecular weight is 285 g/mol. The Bertz CT molecular complexity index is 811. The molecule has 3 aromatic carbocycles. The highest BCUT2D eigenvalue weighted by Gasteiger charge is 2.62. The van der Waals surface area contributed by atoms with Crippen molar-refractivity contribution in [1.82, 2.24) is 5.06 Å². The Morgan fingerprint density at radius 1 is 0.682 bits per heavy atom. The van der Waals surface area contributed by atoms with Gasteiger partial charge in [0.05, 0.1) is 6.54 Å². The topological polar surface area (TPSA) is 15.5 Å². The molecule has 1 aliphatic heterocycles. The van der Waals surface area contributed by atoms with E-state index in [2.05, 4.69) is 77.9 Å². The van der Waals surface area contributed by atoms with Crippen LogP contribution in [-0.4, -0.2) is 5.06 Å². The third kappa shape index (κ3) is 1.51. The number of hydrogen-bond acceptors (Lipinski definition) is 2. The lowest BCUT2D eigenvalue weighted by molar-refractivity contribution is 0.189. The fourth-order valence-corrected chi connectivity index (χ4v) is 3.57. The minimum absolute atomic E-state index is 0.386. The number of hydrogen-bond donors (Lipinski definition) is 0. The molecule has 2 heteroatoms. The summed E-state index contributed by atoms with van der Waals surface area (Å²) >= 11 is 0. The van der Waals surface area contributed by atoms with Gasteiger partial charge in [0.25, 0.3) is 0 Å². The molecule has 1 unspecified atom stereocenters. The molecule has 1 fully saturated rings. The van der Waals surface area contributed by atoms with Crippen molar-refractivity contribution in [3.63, 3.8) is 0 Å². The summed E-state index contributed by atoms with van der Waals surface area (Å²) in [5.74, 6) is 0. The lowest BCUT2D eigenvalue weighted by atomic mass is 10.0. The maximum atomic E-state index is 6.16. The minimum Gasteiger partial charge on any atom is -0.261 e. The van der Waals surface area contributed by atoms with Gasteiger partial charge in [-0.15, -0.1) is 5.06 Å². The van der Waals surface area contributed by atoms with E-state index >= 15 is 0 Å². The summed E-state index contributed by atoms with van der Waals surface area (Å²) in [6.45, 7) is 0.795. The van der Waals surface area contributed by atoms with Crippen LogP contribution < -0.4 is 0 Å². The zero-order chi connectivity index (χ0) is 14.6. The minimum atomic E-state index is -0.386. The Labute approximate surface area is 129 Å². The molecule has 5 rings (SSSR count). The third-order valence-corrected chi connectivity index (χ3v) is 4.60. The van der Waals surface area contributed by atoms with E-state index in [0.29, 0.717) is 0 Å². The van der Waals surface area contributed by atoms with Crippen molar-refractivity contribution in [2.75, 3.05) is 0 Å². The highest BCUT2D eigenvalue weighted by atomic mass is 16.9. The first-order valence-corrected chi connectivity index (χ1v) is 7.60. The molecule has 3 aromatic rings. The maximum absolute atomic E-state index is 6.16. The van der Waals surface area contributed by atoms with Gasteiger partial charge in [-0.1, -0.05) is 78.9 Å². The monoisotopic (exact) mass is 285 g/mol. The SMILES string of the molecule is c1ccc(CN2OC23c2ccccc2-c2ccccc23)cc1. The van der Waals surface area contributed by atoms with Crippen molar-refractivity contribution in [2.45, 2.75) is 12.3 Å². The number of hydroxylamine groups is 2.